The minimum atomic E-state index is -2.16. The van der Waals surface area contributed by atoms with Gasteiger partial charge in [0.2, 0.25) is 5.82 Å². The minimum Gasteiger partial charge on any atom is -0.379 e. The van der Waals surface area contributed by atoms with Gasteiger partial charge in [-0.2, -0.15) is 0 Å². The van der Waals surface area contributed by atoms with Gasteiger partial charge in [0.1, 0.15) is 5.69 Å². The molecule has 0 atom stereocenters. The first kappa shape index (κ1) is 15.7. The summed E-state index contributed by atoms with van der Waals surface area (Å²) < 4.78 is 65.1. The molecule has 0 aliphatic heterocycles. The first-order valence-corrected chi connectivity index (χ1v) is 5.65. The van der Waals surface area contributed by atoms with Crippen molar-refractivity contribution in [3.8, 4) is 0 Å². The second-order valence-corrected chi connectivity index (χ2v) is 5.05. The van der Waals surface area contributed by atoms with Gasteiger partial charge in [-0.05, 0) is 20.8 Å². The first-order valence-electron chi connectivity index (χ1n) is 5.65. The van der Waals surface area contributed by atoms with Gasteiger partial charge < -0.3 is 10.6 Å². The highest BCUT2D eigenvalue weighted by molar-refractivity contribution is 5.47. The summed E-state index contributed by atoms with van der Waals surface area (Å²) in [5.41, 5.74) is -1.22. The molecule has 1 aromatic rings. The standard InChI is InChI=1S/C12H15F5N2/c1-12(2,3)19-5-4-18-11-9(16)7(14)6(13)8(15)10(11)17/h18-19H,4-5H2,1-3H3. The van der Waals surface area contributed by atoms with E-state index in [1.165, 1.54) is 0 Å². The van der Waals surface area contributed by atoms with E-state index in [1.807, 2.05) is 20.8 Å². The topological polar surface area (TPSA) is 24.1 Å². The van der Waals surface area contributed by atoms with Crippen LogP contribution >= 0.6 is 0 Å². The molecule has 0 aliphatic carbocycles. The summed E-state index contributed by atoms with van der Waals surface area (Å²) in [6.45, 7) is 5.97. The fourth-order valence-electron chi connectivity index (χ4n) is 1.39. The molecule has 2 N–H and O–H groups in total. The Balaban J connectivity index is 2.80. The van der Waals surface area contributed by atoms with Crippen molar-refractivity contribution in [2.24, 2.45) is 0 Å². The quantitative estimate of drug-likeness (QED) is 0.383. The van der Waals surface area contributed by atoms with Crippen LogP contribution < -0.4 is 10.6 Å². The van der Waals surface area contributed by atoms with Crippen LogP contribution in [0.25, 0.3) is 0 Å². The van der Waals surface area contributed by atoms with Crippen LogP contribution in [0.1, 0.15) is 20.8 Å². The molecule has 0 fully saturated rings. The van der Waals surface area contributed by atoms with Gasteiger partial charge in [-0.15, -0.1) is 0 Å². The molecular weight excluding hydrogens is 267 g/mol. The Labute approximate surface area is 108 Å². The number of anilines is 1. The van der Waals surface area contributed by atoms with Crippen molar-refractivity contribution in [3.63, 3.8) is 0 Å². The Hall–Kier alpha value is -1.37. The normalized spacial score (nSPS) is 11.8. The maximum atomic E-state index is 13.3. The molecule has 0 bridgehead atoms. The van der Waals surface area contributed by atoms with Crippen LogP contribution in [0.5, 0.6) is 0 Å². The second-order valence-electron chi connectivity index (χ2n) is 5.05. The van der Waals surface area contributed by atoms with Crippen LogP contribution in [0.2, 0.25) is 0 Å². The summed E-state index contributed by atoms with van der Waals surface area (Å²) in [5, 5.41) is 5.21. The van der Waals surface area contributed by atoms with Crippen LogP contribution in [0, 0.1) is 29.1 Å². The van der Waals surface area contributed by atoms with Crippen LogP contribution in [0.3, 0.4) is 0 Å². The molecule has 0 heterocycles. The second kappa shape index (κ2) is 5.73. The van der Waals surface area contributed by atoms with Gasteiger partial charge in [0.25, 0.3) is 0 Å². The zero-order valence-electron chi connectivity index (χ0n) is 10.8. The number of halogens is 5. The lowest BCUT2D eigenvalue weighted by atomic mass is 10.1. The number of benzene rings is 1. The highest BCUT2D eigenvalue weighted by atomic mass is 19.2. The lowest BCUT2D eigenvalue weighted by molar-refractivity contribution is 0.381. The average Bonchev–Trinajstić information content (AvgIpc) is 2.32. The molecule has 0 unspecified atom stereocenters. The van der Waals surface area contributed by atoms with Crippen LogP contribution in [-0.4, -0.2) is 18.6 Å². The highest BCUT2D eigenvalue weighted by Crippen LogP contribution is 2.26. The summed E-state index contributed by atoms with van der Waals surface area (Å²) in [5.74, 6) is -9.77. The summed E-state index contributed by atoms with van der Waals surface area (Å²) in [6.07, 6.45) is 0. The molecule has 2 nitrogen and oxygen atoms in total. The fourth-order valence-corrected chi connectivity index (χ4v) is 1.39. The first-order chi connectivity index (χ1) is 8.65. The Morgan fingerprint density at radius 3 is 1.58 bits per heavy atom. The van der Waals surface area contributed by atoms with Gasteiger partial charge in [0.05, 0.1) is 0 Å². The van der Waals surface area contributed by atoms with Gasteiger partial charge in [-0.1, -0.05) is 0 Å². The SMILES string of the molecule is CC(C)(C)NCCNc1c(F)c(F)c(F)c(F)c1F. The number of hydrogen-bond acceptors (Lipinski definition) is 2. The van der Waals surface area contributed by atoms with E-state index in [0.717, 1.165) is 0 Å². The molecule has 7 heteroatoms. The summed E-state index contributed by atoms with van der Waals surface area (Å²) in [7, 11) is 0. The zero-order valence-corrected chi connectivity index (χ0v) is 10.8. The summed E-state index contributed by atoms with van der Waals surface area (Å²) in [6, 6.07) is 0. The van der Waals surface area contributed by atoms with E-state index in [-0.39, 0.29) is 12.1 Å². The maximum Gasteiger partial charge on any atom is 0.200 e. The van der Waals surface area contributed by atoms with Gasteiger partial charge in [-0.3, -0.25) is 0 Å². The third kappa shape index (κ3) is 3.79. The Bertz CT molecular complexity index is 439. The number of nitrogens with one attached hydrogen (secondary N) is 2. The summed E-state index contributed by atoms with van der Waals surface area (Å²) in [4.78, 5) is 0. The molecule has 0 radical (unpaired) electrons. The van der Waals surface area contributed by atoms with Crippen LogP contribution in [0.15, 0.2) is 0 Å². The molecule has 0 saturated heterocycles. The van der Waals surface area contributed by atoms with Gasteiger partial charge in [0.15, 0.2) is 23.3 Å². The van der Waals surface area contributed by atoms with Crippen molar-refractivity contribution >= 4 is 5.69 Å². The molecule has 0 aliphatic rings. The third-order valence-corrected chi connectivity index (χ3v) is 2.29. The minimum absolute atomic E-state index is 0.0234. The van der Waals surface area contributed by atoms with Crippen molar-refractivity contribution in [1.82, 2.24) is 5.32 Å². The van der Waals surface area contributed by atoms with E-state index in [4.69, 9.17) is 0 Å². The van der Waals surface area contributed by atoms with Gasteiger partial charge in [0, 0.05) is 18.6 Å². The van der Waals surface area contributed by atoms with Crippen LogP contribution in [-0.2, 0) is 0 Å². The van der Waals surface area contributed by atoms with E-state index < -0.39 is 34.8 Å². The molecule has 1 aromatic carbocycles. The maximum absolute atomic E-state index is 13.3. The predicted molar refractivity (Wildman–Crippen MR) is 62.5 cm³/mol. The predicted octanol–water partition coefficient (Wildman–Crippen LogP) is 3.18. The van der Waals surface area contributed by atoms with Gasteiger partial charge >= 0.3 is 0 Å². The zero-order chi connectivity index (χ0) is 14.8. The van der Waals surface area contributed by atoms with E-state index >= 15 is 0 Å². The Morgan fingerprint density at radius 1 is 0.737 bits per heavy atom. The van der Waals surface area contributed by atoms with E-state index in [1.54, 1.807) is 0 Å². The van der Waals surface area contributed by atoms with Crippen molar-refractivity contribution in [2.75, 3.05) is 18.4 Å². The van der Waals surface area contributed by atoms with Gasteiger partial charge in [-0.25, -0.2) is 22.0 Å². The largest absolute Gasteiger partial charge is 0.379 e. The van der Waals surface area contributed by atoms with Crippen molar-refractivity contribution in [3.05, 3.63) is 29.1 Å². The van der Waals surface area contributed by atoms with Crippen LogP contribution in [0.4, 0.5) is 27.6 Å². The molecular formula is C12H15F5N2. The third-order valence-electron chi connectivity index (χ3n) is 2.29. The monoisotopic (exact) mass is 282 g/mol. The highest BCUT2D eigenvalue weighted by Gasteiger charge is 2.25. The number of rotatable bonds is 4. The van der Waals surface area contributed by atoms with Crippen molar-refractivity contribution < 1.29 is 22.0 Å². The molecule has 0 saturated carbocycles. The molecule has 19 heavy (non-hydrogen) atoms. The molecule has 0 aromatic heterocycles. The molecule has 1 rings (SSSR count). The van der Waals surface area contributed by atoms with Crippen molar-refractivity contribution in [1.29, 1.82) is 0 Å². The smallest absolute Gasteiger partial charge is 0.200 e. The molecule has 0 amide bonds. The number of hydrogen-bond donors (Lipinski definition) is 2. The fraction of sp³-hybridized carbons (Fsp3) is 0.500. The molecule has 0 spiro atoms. The Kier molecular flexibility index (Phi) is 4.73. The lowest BCUT2D eigenvalue weighted by Gasteiger charge is -2.21. The Morgan fingerprint density at radius 2 is 1.16 bits per heavy atom. The van der Waals surface area contributed by atoms with E-state index in [9.17, 15) is 22.0 Å². The molecule has 108 valence electrons. The lowest BCUT2D eigenvalue weighted by Crippen LogP contribution is -2.38. The van der Waals surface area contributed by atoms with E-state index in [0.29, 0.717) is 6.54 Å². The average molecular weight is 282 g/mol. The summed E-state index contributed by atoms with van der Waals surface area (Å²) >= 11 is 0. The van der Waals surface area contributed by atoms with E-state index in [2.05, 4.69) is 10.6 Å². The van der Waals surface area contributed by atoms with Crippen molar-refractivity contribution in [2.45, 2.75) is 26.3 Å².